The van der Waals surface area contributed by atoms with Crippen LogP contribution in [0.5, 0.6) is 0 Å². The van der Waals surface area contributed by atoms with Gasteiger partial charge in [0.1, 0.15) is 0 Å². The number of nitrogens with one attached hydrogen (secondary N) is 1. The van der Waals surface area contributed by atoms with Gasteiger partial charge in [0.2, 0.25) is 5.78 Å². The van der Waals surface area contributed by atoms with Gasteiger partial charge in [0, 0.05) is 21.6 Å². The number of amides is 1. The molecule has 1 aliphatic rings. The third-order valence-electron chi connectivity index (χ3n) is 4.56. The van der Waals surface area contributed by atoms with E-state index < -0.39 is 23.2 Å². The lowest BCUT2D eigenvalue weighted by Crippen LogP contribution is -2.58. The lowest BCUT2D eigenvalue weighted by Gasteiger charge is -2.36. The molecule has 1 aliphatic heterocycles. The molecular formula is C20H13F2NO2S. The van der Waals surface area contributed by atoms with E-state index in [1.165, 1.54) is 42.5 Å². The Kier molecular flexibility index (Phi) is 3.73. The van der Waals surface area contributed by atoms with E-state index in [0.717, 1.165) is 11.3 Å². The SMILES string of the molecule is O=C1NC(c2cccs2)(C(F)(F)C(=O)c2ccccc2)c2ccccc21. The largest absolute Gasteiger partial charge is 0.341 e. The number of Topliss-reactive ketones (excluding diaryl/α,β-unsaturated/α-hetero) is 1. The van der Waals surface area contributed by atoms with Crippen molar-refractivity contribution in [3.63, 3.8) is 0 Å². The maximum Gasteiger partial charge on any atom is 0.341 e. The summed E-state index contributed by atoms with van der Waals surface area (Å²) in [5, 5.41) is 4.07. The van der Waals surface area contributed by atoms with E-state index in [1.807, 2.05) is 0 Å². The smallest absolute Gasteiger partial charge is 0.332 e. The first-order valence-electron chi connectivity index (χ1n) is 7.92. The van der Waals surface area contributed by atoms with Crippen molar-refractivity contribution in [3.05, 3.63) is 93.7 Å². The van der Waals surface area contributed by atoms with Crippen LogP contribution >= 0.6 is 11.3 Å². The number of hydrogen-bond acceptors (Lipinski definition) is 3. The summed E-state index contributed by atoms with van der Waals surface area (Å²) in [6.45, 7) is 0. The van der Waals surface area contributed by atoms with Gasteiger partial charge in [0.25, 0.3) is 5.91 Å². The summed E-state index contributed by atoms with van der Waals surface area (Å²) < 4.78 is 31.4. The highest BCUT2D eigenvalue weighted by Crippen LogP contribution is 2.50. The second-order valence-electron chi connectivity index (χ2n) is 6.00. The first-order valence-corrected chi connectivity index (χ1v) is 8.80. The van der Waals surface area contributed by atoms with Crippen molar-refractivity contribution in [2.75, 3.05) is 0 Å². The van der Waals surface area contributed by atoms with Crippen LogP contribution in [-0.2, 0) is 5.54 Å². The van der Waals surface area contributed by atoms with Crippen LogP contribution in [0, 0.1) is 0 Å². The Bertz CT molecular complexity index is 986. The summed E-state index contributed by atoms with van der Waals surface area (Å²) in [5.41, 5.74) is -2.06. The second kappa shape index (κ2) is 5.85. The highest BCUT2D eigenvalue weighted by Gasteiger charge is 2.65. The first-order chi connectivity index (χ1) is 12.5. The number of carbonyl (C=O) groups excluding carboxylic acids is 2. The molecule has 0 saturated carbocycles. The molecule has 0 aliphatic carbocycles. The van der Waals surface area contributed by atoms with E-state index >= 15 is 8.78 Å². The Balaban J connectivity index is 1.97. The molecule has 2 aromatic carbocycles. The Hall–Kier alpha value is -2.86. The zero-order chi connectivity index (χ0) is 18.4. The minimum Gasteiger partial charge on any atom is -0.332 e. The summed E-state index contributed by atoms with van der Waals surface area (Å²) in [6.07, 6.45) is 0. The molecule has 0 fully saturated rings. The van der Waals surface area contributed by atoms with Crippen LogP contribution in [0.25, 0.3) is 0 Å². The van der Waals surface area contributed by atoms with Crippen LogP contribution in [0.1, 0.15) is 31.2 Å². The lowest BCUT2D eigenvalue weighted by atomic mass is 9.79. The van der Waals surface area contributed by atoms with Crippen molar-refractivity contribution < 1.29 is 18.4 Å². The van der Waals surface area contributed by atoms with Gasteiger partial charge in [-0.15, -0.1) is 11.3 Å². The topological polar surface area (TPSA) is 46.2 Å². The number of halogens is 2. The van der Waals surface area contributed by atoms with Gasteiger partial charge in [0.15, 0.2) is 5.54 Å². The highest BCUT2D eigenvalue weighted by atomic mass is 32.1. The number of carbonyl (C=O) groups is 2. The predicted octanol–water partition coefficient (Wildman–Crippen LogP) is 4.25. The normalized spacial score (nSPS) is 19.1. The van der Waals surface area contributed by atoms with Crippen LogP contribution in [0.2, 0.25) is 0 Å². The average Bonchev–Trinajstić information content (AvgIpc) is 3.29. The molecule has 3 aromatic rings. The molecule has 4 rings (SSSR count). The minimum atomic E-state index is -3.87. The van der Waals surface area contributed by atoms with Crippen LogP contribution < -0.4 is 5.32 Å². The fourth-order valence-electron chi connectivity index (χ4n) is 3.34. The van der Waals surface area contributed by atoms with Crippen molar-refractivity contribution in [2.24, 2.45) is 0 Å². The number of thiophene rings is 1. The monoisotopic (exact) mass is 369 g/mol. The van der Waals surface area contributed by atoms with E-state index in [1.54, 1.807) is 29.6 Å². The maximum atomic E-state index is 15.7. The molecule has 1 N–H and O–H groups in total. The molecule has 1 unspecified atom stereocenters. The zero-order valence-corrected chi connectivity index (χ0v) is 14.2. The molecule has 6 heteroatoms. The van der Waals surface area contributed by atoms with Crippen molar-refractivity contribution >= 4 is 23.0 Å². The summed E-state index contributed by atoms with van der Waals surface area (Å²) in [7, 11) is 0. The molecule has 0 radical (unpaired) electrons. The number of ketones is 1. The third-order valence-corrected chi connectivity index (χ3v) is 5.55. The summed E-state index contributed by atoms with van der Waals surface area (Å²) in [4.78, 5) is 25.4. The Morgan fingerprint density at radius 1 is 0.962 bits per heavy atom. The van der Waals surface area contributed by atoms with Gasteiger partial charge in [-0.05, 0) is 17.5 Å². The van der Waals surface area contributed by atoms with Crippen LogP contribution in [0.15, 0.2) is 72.1 Å². The van der Waals surface area contributed by atoms with E-state index in [-0.39, 0.29) is 21.6 Å². The Labute approximate surface area is 152 Å². The van der Waals surface area contributed by atoms with Gasteiger partial charge in [-0.1, -0.05) is 54.6 Å². The molecule has 130 valence electrons. The molecule has 0 saturated heterocycles. The van der Waals surface area contributed by atoms with Crippen molar-refractivity contribution in [2.45, 2.75) is 11.5 Å². The fourth-order valence-corrected chi connectivity index (χ4v) is 4.27. The average molecular weight is 369 g/mol. The molecule has 26 heavy (non-hydrogen) atoms. The number of benzene rings is 2. The maximum absolute atomic E-state index is 15.7. The van der Waals surface area contributed by atoms with Crippen LogP contribution in [0.3, 0.4) is 0 Å². The van der Waals surface area contributed by atoms with Gasteiger partial charge in [-0.3, -0.25) is 9.59 Å². The minimum absolute atomic E-state index is 0.105. The van der Waals surface area contributed by atoms with Gasteiger partial charge in [-0.2, -0.15) is 8.78 Å². The van der Waals surface area contributed by atoms with E-state index in [9.17, 15) is 9.59 Å². The van der Waals surface area contributed by atoms with Crippen LogP contribution in [0.4, 0.5) is 8.78 Å². The molecular weight excluding hydrogens is 356 g/mol. The molecule has 1 atom stereocenters. The molecule has 1 aromatic heterocycles. The first kappa shape index (κ1) is 16.6. The van der Waals surface area contributed by atoms with Gasteiger partial charge < -0.3 is 5.32 Å². The Morgan fingerprint density at radius 3 is 2.35 bits per heavy atom. The number of fused-ring (bicyclic) bond motifs is 1. The van der Waals surface area contributed by atoms with Gasteiger partial charge >= 0.3 is 5.92 Å². The predicted molar refractivity (Wildman–Crippen MR) is 94.7 cm³/mol. The lowest BCUT2D eigenvalue weighted by molar-refractivity contribution is -0.0400. The molecule has 0 spiro atoms. The summed E-state index contributed by atoms with van der Waals surface area (Å²) >= 11 is 1.08. The fraction of sp³-hybridized carbons (Fsp3) is 0.100. The van der Waals surface area contributed by atoms with E-state index in [2.05, 4.69) is 5.32 Å². The van der Waals surface area contributed by atoms with Crippen molar-refractivity contribution in [1.82, 2.24) is 5.32 Å². The van der Waals surface area contributed by atoms with Crippen molar-refractivity contribution in [1.29, 1.82) is 0 Å². The molecule has 0 bridgehead atoms. The van der Waals surface area contributed by atoms with Gasteiger partial charge in [-0.25, -0.2) is 0 Å². The summed E-state index contributed by atoms with van der Waals surface area (Å²) in [5.74, 6) is -5.82. The quantitative estimate of drug-likeness (QED) is 0.699. The number of hydrogen-bond donors (Lipinski definition) is 1. The second-order valence-corrected chi connectivity index (χ2v) is 6.94. The molecule has 3 nitrogen and oxygen atoms in total. The number of alkyl halides is 2. The molecule has 2 heterocycles. The number of rotatable bonds is 4. The van der Waals surface area contributed by atoms with E-state index in [0.29, 0.717) is 0 Å². The van der Waals surface area contributed by atoms with E-state index in [4.69, 9.17) is 0 Å². The standard InChI is InChI=1S/C20H13F2NO2S/c21-20(22,17(24)13-7-2-1-3-8-13)19(16-11-6-12-26-16)15-10-5-4-9-14(15)18(25)23-19/h1-12H,(H,23,25). The molecule has 1 amide bonds. The highest BCUT2D eigenvalue weighted by molar-refractivity contribution is 7.10. The summed E-state index contributed by atoms with van der Waals surface area (Å²) in [6, 6.07) is 16.7. The Morgan fingerprint density at radius 2 is 1.65 bits per heavy atom. The van der Waals surface area contributed by atoms with Crippen molar-refractivity contribution in [3.8, 4) is 0 Å². The van der Waals surface area contributed by atoms with Crippen LogP contribution in [-0.4, -0.2) is 17.6 Å². The zero-order valence-electron chi connectivity index (χ0n) is 13.4. The van der Waals surface area contributed by atoms with Gasteiger partial charge in [0.05, 0.1) is 0 Å². The third kappa shape index (κ3) is 2.15.